The molecule has 0 fully saturated rings. The van der Waals surface area contributed by atoms with E-state index in [2.05, 4.69) is 40.6 Å². The molecule has 1 heterocycles. The molecule has 1 atom stereocenters. The number of hydrogen-bond donors (Lipinski definition) is 3. The van der Waals surface area contributed by atoms with E-state index in [1.807, 2.05) is 12.3 Å². The summed E-state index contributed by atoms with van der Waals surface area (Å²) in [5.74, 6) is 0. The van der Waals surface area contributed by atoms with Gasteiger partial charge in [0.2, 0.25) is 0 Å². The number of aliphatic hydroxyl groups excluding tert-OH is 1. The number of benzene rings is 1. The third-order valence-electron chi connectivity index (χ3n) is 3.08. The molecule has 1 unspecified atom stereocenters. The van der Waals surface area contributed by atoms with Crippen LogP contribution in [0.1, 0.15) is 11.1 Å². The molecule has 5 heteroatoms. The van der Waals surface area contributed by atoms with Crippen LogP contribution in [0.2, 0.25) is 0 Å². The fourth-order valence-electron chi connectivity index (χ4n) is 2.12. The van der Waals surface area contributed by atoms with Crippen molar-refractivity contribution in [2.45, 2.75) is 19.6 Å². The summed E-state index contributed by atoms with van der Waals surface area (Å²) in [5, 5.41) is 19.9. The average Bonchev–Trinajstić information content (AvgIpc) is 2.87. The number of H-pyrrole nitrogens is 1. The zero-order valence-corrected chi connectivity index (χ0v) is 11.9. The van der Waals surface area contributed by atoms with Crippen molar-refractivity contribution in [2.24, 2.45) is 0 Å². The molecule has 0 aliphatic rings. The lowest BCUT2D eigenvalue weighted by molar-refractivity contribution is 0.0644. The molecular formula is C15H21N3O2. The van der Waals surface area contributed by atoms with Crippen LogP contribution in [0.25, 0.3) is 11.3 Å². The van der Waals surface area contributed by atoms with Gasteiger partial charge in [-0.05, 0) is 13.0 Å². The van der Waals surface area contributed by atoms with E-state index in [-0.39, 0.29) is 0 Å². The van der Waals surface area contributed by atoms with Crippen molar-refractivity contribution in [3.05, 3.63) is 41.6 Å². The lowest BCUT2D eigenvalue weighted by Crippen LogP contribution is -2.29. The third-order valence-corrected chi connectivity index (χ3v) is 3.08. The molecule has 5 nitrogen and oxygen atoms in total. The van der Waals surface area contributed by atoms with Gasteiger partial charge in [0.05, 0.1) is 24.6 Å². The average molecular weight is 275 g/mol. The molecule has 1 aromatic carbocycles. The fraction of sp³-hybridized carbons (Fsp3) is 0.400. The van der Waals surface area contributed by atoms with Crippen molar-refractivity contribution in [3.63, 3.8) is 0 Å². The number of methoxy groups -OCH3 is 1. The van der Waals surface area contributed by atoms with Crippen LogP contribution in [0.5, 0.6) is 0 Å². The normalized spacial score (nSPS) is 12.6. The summed E-state index contributed by atoms with van der Waals surface area (Å²) in [4.78, 5) is 0. The predicted molar refractivity (Wildman–Crippen MR) is 78.4 cm³/mol. The van der Waals surface area contributed by atoms with Gasteiger partial charge in [0, 0.05) is 31.3 Å². The molecule has 0 radical (unpaired) electrons. The number of hydrogen-bond acceptors (Lipinski definition) is 4. The highest BCUT2D eigenvalue weighted by Gasteiger charge is 2.08. The number of aromatic amines is 1. The molecule has 2 rings (SSSR count). The number of aliphatic hydroxyl groups is 1. The molecule has 3 N–H and O–H groups in total. The Morgan fingerprint density at radius 1 is 1.45 bits per heavy atom. The standard InChI is InChI=1S/C15H21N3O2/c1-11-4-3-5-12(6-11)15-13(8-17-18-15)7-16-9-14(19)10-20-2/h3-6,8,14,16,19H,7,9-10H2,1-2H3,(H,17,18). The summed E-state index contributed by atoms with van der Waals surface area (Å²) in [6.07, 6.45) is 1.32. The van der Waals surface area contributed by atoms with E-state index in [1.165, 1.54) is 5.56 Å². The van der Waals surface area contributed by atoms with Crippen LogP contribution in [0, 0.1) is 6.92 Å². The Morgan fingerprint density at radius 3 is 3.05 bits per heavy atom. The first-order valence-corrected chi connectivity index (χ1v) is 6.67. The lowest BCUT2D eigenvalue weighted by Gasteiger charge is -2.11. The molecule has 2 aromatic rings. The van der Waals surface area contributed by atoms with E-state index in [0.29, 0.717) is 19.7 Å². The molecule has 0 amide bonds. The predicted octanol–water partition coefficient (Wildman–Crippen LogP) is 1.48. The van der Waals surface area contributed by atoms with E-state index >= 15 is 0 Å². The van der Waals surface area contributed by atoms with E-state index in [4.69, 9.17) is 4.74 Å². The van der Waals surface area contributed by atoms with Crippen molar-refractivity contribution in [3.8, 4) is 11.3 Å². The van der Waals surface area contributed by atoms with Crippen LogP contribution in [-0.4, -0.2) is 41.7 Å². The highest BCUT2D eigenvalue weighted by molar-refractivity contribution is 5.63. The minimum Gasteiger partial charge on any atom is -0.389 e. The van der Waals surface area contributed by atoms with Gasteiger partial charge in [0.25, 0.3) is 0 Å². The lowest BCUT2D eigenvalue weighted by atomic mass is 10.1. The van der Waals surface area contributed by atoms with Gasteiger partial charge >= 0.3 is 0 Å². The first-order valence-electron chi connectivity index (χ1n) is 6.67. The maximum Gasteiger partial charge on any atom is 0.0897 e. The Bertz CT molecular complexity index is 539. The van der Waals surface area contributed by atoms with Gasteiger partial charge in [0.1, 0.15) is 0 Å². The van der Waals surface area contributed by atoms with E-state index in [1.54, 1.807) is 7.11 Å². The summed E-state index contributed by atoms with van der Waals surface area (Å²) in [6.45, 7) is 3.55. The summed E-state index contributed by atoms with van der Waals surface area (Å²) in [6, 6.07) is 8.28. The Kier molecular flexibility index (Phi) is 5.29. The first kappa shape index (κ1) is 14.7. The second kappa shape index (κ2) is 7.19. The molecule has 20 heavy (non-hydrogen) atoms. The van der Waals surface area contributed by atoms with Crippen molar-refractivity contribution in [2.75, 3.05) is 20.3 Å². The molecule has 0 aliphatic carbocycles. The topological polar surface area (TPSA) is 70.2 Å². The SMILES string of the molecule is COCC(O)CNCc1cn[nH]c1-c1cccc(C)c1. The van der Waals surface area contributed by atoms with Crippen molar-refractivity contribution < 1.29 is 9.84 Å². The summed E-state index contributed by atoms with van der Waals surface area (Å²) >= 11 is 0. The van der Waals surface area contributed by atoms with Crippen LogP contribution < -0.4 is 5.32 Å². The van der Waals surface area contributed by atoms with E-state index in [9.17, 15) is 5.11 Å². The zero-order valence-electron chi connectivity index (χ0n) is 11.9. The molecule has 0 bridgehead atoms. The molecule has 108 valence electrons. The van der Waals surface area contributed by atoms with Crippen LogP contribution >= 0.6 is 0 Å². The molecule has 0 aliphatic heterocycles. The minimum absolute atomic E-state index is 0.336. The van der Waals surface area contributed by atoms with E-state index < -0.39 is 6.10 Å². The third kappa shape index (κ3) is 3.90. The van der Waals surface area contributed by atoms with Gasteiger partial charge in [-0.15, -0.1) is 0 Å². The molecule has 0 saturated heterocycles. The van der Waals surface area contributed by atoms with Gasteiger partial charge < -0.3 is 15.2 Å². The Labute approximate surface area is 119 Å². The van der Waals surface area contributed by atoms with E-state index in [0.717, 1.165) is 16.8 Å². The highest BCUT2D eigenvalue weighted by Crippen LogP contribution is 2.21. The monoisotopic (exact) mass is 275 g/mol. The van der Waals surface area contributed by atoms with Gasteiger partial charge in [-0.25, -0.2) is 0 Å². The minimum atomic E-state index is -0.491. The summed E-state index contributed by atoms with van der Waals surface area (Å²) in [5.41, 5.74) is 4.44. The Hall–Kier alpha value is -1.69. The van der Waals surface area contributed by atoms with Gasteiger partial charge in [-0.2, -0.15) is 5.10 Å². The number of nitrogens with zero attached hydrogens (tertiary/aromatic N) is 1. The number of ether oxygens (including phenoxy) is 1. The van der Waals surface area contributed by atoms with Gasteiger partial charge in [0.15, 0.2) is 0 Å². The quantitative estimate of drug-likeness (QED) is 0.716. The number of aromatic nitrogens is 2. The van der Waals surface area contributed by atoms with Crippen LogP contribution in [0.4, 0.5) is 0 Å². The van der Waals surface area contributed by atoms with Crippen molar-refractivity contribution in [1.82, 2.24) is 15.5 Å². The molecular weight excluding hydrogens is 254 g/mol. The maximum absolute atomic E-state index is 9.59. The first-order chi connectivity index (χ1) is 9.70. The fourth-order valence-corrected chi connectivity index (χ4v) is 2.12. The number of nitrogens with one attached hydrogen (secondary N) is 2. The molecule has 0 saturated carbocycles. The van der Waals surface area contributed by atoms with Crippen molar-refractivity contribution >= 4 is 0 Å². The second-order valence-electron chi connectivity index (χ2n) is 4.88. The molecule has 1 aromatic heterocycles. The van der Waals surface area contributed by atoms with Crippen LogP contribution in [0.3, 0.4) is 0 Å². The maximum atomic E-state index is 9.59. The Balaban J connectivity index is 1.99. The second-order valence-corrected chi connectivity index (χ2v) is 4.88. The largest absolute Gasteiger partial charge is 0.389 e. The summed E-state index contributed by atoms with van der Waals surface area (Å²) in [7, 11) is 1.58. The van der Waals surface area contributed by atoms with Crippen molar-refractivity contribution in [1.29, 1.82) is 0 Å². The Morgan fingerprint density at radius 2 is 2.30 bits per heavy atom. The zero-order chi connectivity index (χ0) is 14.4. The van der Waals surface area contributed by atoms with Crippen LogP contribution in [-0.2, 0) is 11.3 Å². The van der Waals surface area contributed by atoms with Crippen LogP contribution in [0.15, 0.2) is 30.5 Å². The number of rotatable bonds is 7. The summed E-state index contributed by atoms with van der Waals surface area (Å²) < 4.78 is 4.89. The van der Waals surface area contributed by atoms with Gasteiger partial charge in [-0.1, -0.05) is 23.8 Å². The smallest absolute Gasteiger partial charge is 0.0897 e. The van der Waals surface area contributed by atoms with Gasteiger partial charge in [-0.3, -0.25) is 5.10 Å². The highest BCUT2D eigenvalue weighted by atomic mass is 16.5. The number of aryl methyl sites for hydroxylation is 1. The molecule has 0 spiro atoms.